The average molecular weight is 604 g/mol. The minimum atomic E-state index is -5.15. The molecule has 4 aromatic rings. The molecule has 1 fully saturated rings. The summed E-state index contributed by atoms with van der Waals surface area (Å²) in [6.45, 7) is 2.14. The fourth-order valence-corrected chi connectivity index (χ4v) is 5.93. The lowest BCUT2D eigenvalue weighted by molar-refractivity contribution is -0.274. The molecule has 220 valence electrons. The second-order valence-electron chi connectivity index (χ2n) is 9.55. The third-order valence-electron chi connectivity index (χ3n) is 6.80. The van der Waals surface area contributed by atoms with Crippen LogP contribution in [0.5, 0.6) is 5.75 Å². The van der Waals surface area contributed by atoms with Crippen LogP contribution in [-0.2, 0) is 16.4 Å². The van der Waals surface area contributed by atoms with E-state index in [1.807, 2.05) is 0 Å². The number of rotatable bonds is 8. The molecule has 1 saturated heterocycles. The molecule has 0 radical (unpaired) electrons. The maximum Gasteiger partial charge on any atom is 0.573 e. The minimum absolute atomic E-state index is 0.101. The van der Waals surface area contributed by atoms with Crippen molar-refractivity contribution in [1.82, 2.24) is 19.8 Å². The molecule has 1 aliphatic heterocycles. The van der Waals surface area contributed by atoms with Gasteiger partial charge in [0.1, 0.15) is 10.7 Å². The number of carbonyl (C=O) groups excluding carboxylic acids is 1. The maximum atomic E-state index is 13.8. The zero-order chi connectivity index (χ0) is 29.9. The third kappa shape index (κ3) is 6.77. The molecule has 0 saturated carbocycles. The summed E-state index contributed by atoms with van der Waals surface area (Å²) in [7, 11) is -4.39. The van der Waals surface area contributed by atoms with E-state index in [1.165, 1.54) is 35.5 Å². The van der Waals surface area contributed by atoms with Crippen molar-refractivity contribution in [3.8, 4) is 5.75 Å². The van der Waals surface area contributed by atoms with Crippen LogP contribution in [0.25, 0.3) is 10.9 Å². The highest BCUT2D eigenvalue weighted by Gasteiger charge is 2.34. The number of amides is 1. The largest absolute Gasteiger partial charge is 0.573 e. The number of carbonyl (C=O) groups is 1. The van der Waals surface area contributed by atoms with Gasteiger partial charge in [-0.25, -0.2) is 12.8 Å². The van der Waals surface area contributed by atoms with Gasteiger partial charge in [-0.3, -0.25) is 24.4 Å². The monoisotopic (exact) mass is 603 g/mol. The number of para-hydroxylation sites is 1. The number of nitrogens with zero attached hydrogens (tertiary/aromatic N) is 4. The Labute approximate surface area is 238 Å². The molecule has 0 atom stereocenters. The summed E-state index contributed by atoms with van der Waals surface area (Å²) in [5.74, 6) is -1.79. The smallest absolute Gasteiger partial charge is 0.404 e. The molecule has 3 heterocycles. The number of hydrogen-bond donors (Lipinski definition) is 1. The Balaban J connectivity index is 1.31. The van der Waals surface area contributed by atoms with E-state index in [-0.39, 0.29) is 21.8 Å². The van der Waals surface area contributed by atoms with E-state index >= 15 is 0 Å². The summed E-state index contributed by atoms with van der Waals surface area (Å²) in [4.78, 5) is 24.3. The van der Waals surface area contributed by atoms with Crippen LogP contribution in [0.2, 0.25) is 0 Å². The Hall–Kier alpha value is -4.30. The lowest BCUT2D eigenvalue weighted by atomic mass is 10.1. The number of halogens is 4. The van der Waals surface area contributed by atoms with Crippen molar-refractivity contribution in [3.63, 3.8) is 0 Å². The van der Waals surface area contributed by atoms with Gasteiger partial charge in [0.2, 0.25) is 0 Å². The molecule has 0 spiro atoms. The molecule has 1 aliphatic rings. The molecule has 42 heavy (non-hydrogen) atoms. The van der Waals surface area contributed by atoms with Gasteiger partial charge < -0.3 is 9.64 Å². The standard InChI is InChI=1S/C28H25F4N5O4S/c29-22-18-33-11-8-19(22)9-12-36-13-15-37(16-14-36)27(38)21-6-7-23(24(17-21)41-28(30,31)32)35-42(39,40)25-5-1-3-20-4-2-10-34-26(20)25/h1-8,10-11,17-18,35H,9,12-16H2. The van der Waals surface area contributed by atoms with E-state index in [1.54, 1.807) is 24.3 Å². The number of ether oxygens (including phenoxy) is 1. The van der Waals surface area contributed by atoms with Crippen molar-refractivity contribution in [1.29, 1.82) is 0 Å². The highest BCUT2D eigenvalue weighted by atomic mass is 32.2. The lowest BCUT2D eigenvalue weighted by Gasteiger charge is -2.35. The first-order chi connectivity index (χ1) is 20.0. The van der Waals surface area contributed by atoms with Crippen LogP contribution in [0.1, 0.15) is 15.9 Å². The van der Waals surface area contributed by atoms with Crippen molar-refractivity contribution < 1.29 is 35.5 Å². The summed E-state index contributed by atoms with van der Waals surface area (Å²) in [6, 6.07) is 12.5. The van der Waals surface area contributed by atoms with Crippen molar-refractivity contribution in [2.75, 3.05) is 37.4 Å². The molecule has 5 rings (SSSR count). The highest BCUT2D eigenvalue weighted by molar-refractivity contribution is 7.93. The predicted molar refractivity (Wildman–Crippen MR) is 146 cm³/mol. The Kier molecular flexibility index (Phi) is 8.27. The first kappa shape index (κ1) is 29.2. The van der Waals surface area contributed by atoms with Gasteiger partial charge in [0.25, 0.3) is 15.9 Å². The van der Waals surface area contributed by atoms with Gasteiger partial charge in [0, 0.05) is 56.1 Å². The average Bonchev–Trinajstić information content (AvgIpc) is 2.96. The van der Waals surface area contributed by atoms with E-state index in [0.29, 0.717) is 50.1 Å². The Morgan fingerprint density at radius 2 is 1.76 bits per heavy atom. The van der Waals surface area contributed by atoms with Gasteiger partial charge in [-0.05, 0) is 48.4 Å². The number of nitrogens with one attached hydrogen (secondary N) is 1. The van der Waals surface area contributed by atoms with Crippen molar-refractivity contribution in [2.45, 2.75) is 17.7 Å². The molecular formula is C28H25F4N5O4S. The summed E-state index contributed by atoms with van der Waals surface area (Å²) in [6.07, 6.45) is -0.612. The summed E-state index contributed by atoms with van der Waals surface area (Å²) in [5, 5.41) is 0.526. The molecule has 1 amide bonds. The number of fused-ring (bicyclic) bond motifs is 1. The fraction of sp³-hybridized carbons (Fsp3) is 0.250. The molecule has 2 aromatic carbocycles. The molecule has 2 aromatic heterocycles. The maximum absolute atomic E-state index is 13.8. The Morgan fingerprint density at radius 3 is 2.50 bits per heavy atom. The normalized spacial score (nSPS) is 14.6. The van der Waals surface area contributed by atoms with Gasteiger partial charge in [0.15, 0.2) is 5.75 Å². The van der Waals surface area contributed by atoms with Crippen LogP contribution in [-0.4, -0.2) is 73.2 Å². The first-order valence-electron chi connectivity index (χ1n) is 12.9. The van der Waals surface area contributed by atoms with Crippen LogP contribution in [0.3, 0.4) is 0 Å². The van der Waals surface area contributed by atoms with E-state index in [9.17, 15) is 30.8 Å². The van der Waals surface area contributed by atoms with Crippen LogP contribution in [0.15, 0.2) is 78.1 Å². The topological polar surface area (TPSA) is 105 Å². The molecular weight excluding hydrogens is 578 g/mol. The zero-order valence-electron chi connectivity index (χ0n) is 22.0. The van der Waals surface area contributed by atoms with Crippen LogP contribution >= 0.6 is 0 Å². The molecule has 9 nitrogen and oxygen atoms in total. The minimum Gasteiger partial charge on any atom is -0.404 e. The number of anilines is 1. The summed E-state index contributed by atoms with van der Waals surface area (Å²) in [5.41, 5.74) is 0.0806. The molecule has 14 heteroatoms. The van der Waals surface area contributed by atoms with E-state index in [4.69, 9.17) is 0 Å². The number of sulfonamides is 1. The van der Waals surface area contributed by atoms with Crippen molar-refractivity contribution in [2.24, 2.45) is 0 Å². The van der Waals surface area contributed by atoms with Crippen LogP contribution in [0, 0.1) is 5.82 Å². The number of pyridine rings is 2. The van der Waals surface area contributed by atoms with Crippen LogP contribution < -0.4 is 9.46 Å². The van der Waals surface area contributed by atoms with Crippen molar-refractivity contribution >= 4 is 32.5 Å². The van der Waals surface area contributed by atoms with Gasteiger partial charge in [-0.2, -0.15) is 0 Å². The second-order valence-corrected chi connectivity index (χ2v) is 11.2. The summed E-state index contributed by atoms with van der Waals surface area (Å²) >= 11 is 0. The second kappa shape index (κ2) is 11.9. The molecule has 1 N–H and O–H groups in total. The van der Waals surface area contributed by atoms with E-state index in [2.05, 4.69) is 24.3 Å². The number of aromatic nitrogens is 2. The number of benzene rings is 2. The number of hydrogen-bond acceptors (Lipinski definition) is 7. The highest BCUT2D eigenvalue weighted by Crippen LogP contribution is 2.34. The first-order valence-corrected chi connectivity index (χ1v) is 14.3. The van der Waals surface area contributed by atoms with Crippen LogP contribution in [0.4, 0.5) is 23.2 Å². The number of alkyl halides is 3. The van der Waals surface area contributed by atoms with Gasteiger partial charge >= 0.3 is 6.36 Å². The molecule has 0 aliphatic carbocycles. The summed E-state index contributed by atoms with van der Waals surface area (Å²) < 4.78 is 86.4. The van der Waals surface area contributed by atoms with E-state index in [0.717, 1.165) is 18.3 Å². The third-order valence-corrected chi connectivity index (χ3v) is 8.19. The fourth-order valence-electron chi connectivity index (χ4n) is 4.68. The molecule has 0 bridgehead atoms. The SMILES string of the molecule is O=C(c1ccc(NS(=O)(=O)c2cccc3cccnc23)c(OC(F)(F)F)c1)N1CCN(CCc2ccncc2F)CC1. The lowest BCUT2D eigenvalue weighted by Crippen LogP contribution is -2.49. The Morgan fingerprint density at radius 1 is 1.00 bits per heavy atom. The Bertz CT molecular complexity index is 1710. The zero-order valence-corrected chi connectivity index (χ0v) is 22.8. The molecule has 0 unspecified atom stereocenters. The van der Waals surface area contributed by atoms with Gasteiger partial charge in [-0.1, -0.05) is 18.2 Å². The quantitative estimate of drug-likeness (QED) is 0.297. The van der Waals surface area contributed by atoms with E-state index < -0.39 is 33.7 Å². The van der Waals surface area contributed by atoms with Gasteiger partial charge in [-0.15, -0.1) is 13.2 Å². The van der Waals surface area contributed by atoms with Crippen molar-refractivity contribution in [3.05, 3.63) is 90.1 Å². The predicted octanol–water partition coefficient (Wildman–Crippen LogP) is 4.47. The van der Waals surface area contributed by atoms with Gasteiger partial charge in [0.05, 0.1) is 17.4 Å². The number of piperazine rings is 1.